The van der Waals surface area contributed by atoms with Crippen LogP contribution in [0.4, 0.5) is 17.6 Å². The quantitative estimate of drug-likeness (QED) is 0.524. The molecule has 180 valence electrons. The van der Waals surface area contributed by atoms with Crippen LogP contribution >= 0.6 is 0 Å². The van der Waals surface area contributed by atoms with Gasteiger partial charge < -0.3 is 15.5 Å². The van der Waals surface area contributed by atoms with Gasteiger partial charge >= 0.3 is 0 Å². The number of aromatic nitrogens is 2. The molecule has 1 aliphatic rings. The molecule has 0 radical (unpaired) electrons. The molecule has 4 rings (SSSR count). The molecule has 6 nitrogen and oxygen atoms in total. The van der Waals surface area contributed by atoms with E-state index < -0.39 is 53.1 Å². The molecule has 0 spiro atoms. The van der Waals surface area contributed by atoms with E-state index in [0.717, 1.165) is 12.1 Å². The van der Waals surface area contributed by atoms with Gasteiger partial charge in [0.25, 0.3) is 11.8 Å². The number of amides is 1. The Kier molecular flexibility index (Phi) is 6.09. The maximum atomic E-state index is 15.1. The predicted molar refractivity (Wildman–Crippen MR) is 117 cm³/mol. The minimum absolute atomic E-state index is 0.0292. The van der Waals surface area contributed by atoms with Crippen molar-refractivity contribution in [1.29, 1.82) is 0 Å². The van der Waals surface area contributed by atoms with Gasteiger partial charge in [-0.15, -0.1) is 0 Å². The third kappa shape index (κ3) is 3.91. The minimum atomic E-state index is -3.05. The lowest BCUT2D eigenvalue weighted by Crippen LogP contribution is -2.39. The first-order valence-electron chi connectivity index (χ1n) is 10.8. The van der Waals surface area contributed by atoms with Crippen molar-refractivity contribution >= 4 is 16.8 Å². The number of nitrogens with two attached hydrogens (primary N) is 1. The summed E-state index contributed by atoms with van der Waals surface area (Å²) in [4.78, 5) is 31.5. The molecule has 3 N–H and O–H groups in total. The normalized spacial score (nSPS) is 22.0. The minimum Gasteiger partial charge on any atom is -0.493 e. The molecule has 34 heavy (non-hydrogen) atoms. The number of nitrogens with one attached hydrogen (secondary N) is 1. The summed E-state index contributed by atoms with van der Waals surface area (Å²) in [6.07, 6.45) is 0.816. The molecule has 0 unspecified atom stereocenters. The first-order chi connectivity index (χ1) is 16.1. The predicted octanol–water partition coefficient (Wildman–Crippen LogP) is 4.63. The first-order valence-corrected chi connectivity index (χ1v) is 10.8. The van der Waals surface area contributed by atoms with E-state index in [1.54, 1.807) is 6.92 Å². The van der Waals surface area contributed by atoms with Crippen LogP contribution in [0.1, 0.15) is 59.8 Å². The van der Waals surface area contributed by atoms with Gasteiger partial charge in [0.2, 0.25) is 5.82 Å². The molecule has 0 bridgehead atoms. The third-order valence-electron chi connectivity index (χ3n) is 6.69. The molecule has 2 heterocycles. The van der Waals surface area contributed by atoms with E-state index in [9.17, 15) is 18.4 Å². The molecule has 10 heteroatoms. The monoisotopic (exact) mass is 477 g/mol. The number of hydrogen-bond donors (Lipinski definition) is 2. The van der Waals surface area contributed by atoms with Crippen molar-refractivity contribution in [2.24, 2.45) is 11.7 Å². The number of nitrogens with zero attached hydrogens (tertiary/aromatic N) is 1. The van der Waals surface area contributed by atoms with E-state index in [2.05, 4.69) is 9.97 Å². The van der Waals surface area contributed by atoms with Crippen molar-refractivity contribution in [1.82, 2.24) is 9.97 Å². The Morgan fingerprint density at radius 3 is 2.65 bits per heavy atom. The van der Waals surface area contributed by atoms with Crippen LogP contribution in [-0.2, 0) is 0 Å². The molecule has 1 aliphatic carbocycles. The number of rotatable bonds is 5. The molecule has 0 saturated heterocycles. The highest BCUT2D eigenvalue weighted by atomic mass is 19.3. The number of ether oxygens (including phenoxy) is 1. The third-order valence-corrected chi connectivity index (χ3v) is 6.69. The lowest BCUT2D eigenvalue weighted by Gasteiger charge is -2.41. The highest BCUT2D eigenvalue weighted by Crippen LogP contribution is 2.54. The van der Waals surface area contributed by atoms with Gasteiger partial charge in [-0.25, -0.2) is 13.2 Å². The number of hydrogen-bond acceptors (Lipinski definition) is 4. The van der Waals surface area contributed by atoms with Crippen LogP contribution in [-0.4, -0.2) is 28.9 Å². The zero-order valence-corrected chi connectivity index (χ0v) is 18.5. The van der Waals surface area contributed by atoms with Crippen LogP contribution in [0.3, 0.4) is 0 Å². The number of carbonyl (C=O) groups excluding carboxylic acids is 1. The summed E-state index contributed by atoms with van der Waals surface area (Å²) in [7, 11) is 1.18. The molecular weight excluding hydrogens is 454 g/mol. The fourth-order valence-electron chi connectivity index (χ4n) is 5.03. The average molecular weight is 477 g/mol. The summed E-state index contributed by atoms with van der Waals surface area (Å²) in [5.41, 5.74) is 5.12. The SMILES string of the molecule is CC[C@H]1C[C@H](c2ccc(F)c(F)c2OC)[C@@H](c2cc(=O)c3c(C(N)=O)nccc3[nH]2)CC1(F)F. The van der Waals surface area contributed by atoms with Crippen molar-refractivity contribution in [3.05, 3.63) is 69.3 Å². The second kappa shape index (κ2) is 8.73. The largest absolute Gasteiger partial charge is 0.493 e. The number of alkyl halides is 2. The fraction of sp³-hybridized carbons (Fsp3) is 0.375. The summed E-state index contributed by atoms with van der Waals surface area (Å²) in [5, 5.41) is -0.0466. The molecule has 1 saturated carbocycles. The highest BCUT2D eigenvalue weighted by Gasteiger charge is 2.50. The van der Waals surface area contributed by atoms with Gasteiger partial charge in [-0.3, -0.25) is 14.6 Å². The van der Waals surface area contributed by atoms with Crippen molar-refractivity contribution in [2.75, 3.05) is 7.11 Å². The number of fused-ring (bicyclic) bond motifs is 1. The number of H-pyrrole nitrogens is 1. The van der Waals surface area contributed by atoms with Gasteiger partial charge in [0, 0.05) is 41.8 Å². The lowest BCUT2D eigenvalue weighted by molar-refractivity contribution is -0.0985. The summed E-state index contributed by atoms with van der Waals surface area (Å²) >= 11 is 0. The van der Waals surface area contributed by atoms with Crippen LogP contribution < -0.4 is 15.9 Å². The number of carbonyl (C=O) groups is 1. The van der Waals surface area contributed by atoms with Gasteiger partial charge in [0.15, 0.2) is 17.0 Å². The fourth-order valence-corrected chi connectivity index (χ4v) is 5.03. The Bertz CT molecular complexity index is 1320. The van der Waals surface area contributed by atoms with Crippen LogP contribution in [0.5, 0.6) is 5.75 Å². The maximum Gasteiger partial charge on any atom is 0.268 e. The van der Waals surface area contributed by atoms with Crippen molar-refractivity contribution in [3.8, 4) is 5.75 Å². The van der Waals surface area contributed by atoms with E-state index in [1.807, 2.05) is 0 Å². The van der Waals surface area contributed by atoms with Crippen molar-refractivity contribution < 1.29 is 27.1 Å². The Labute approximate surface area is 192 Å². The Balaban J connectivity index is 1.92. The number of halogens is 4. The Morgan fingerprint density at radius 2 is 2.00 bits per heavy atom. The number of methoxy groups -OCH3 is 1. The highest BCUT2D eigenvalue weighted by molar-refractivity contribution is 6.03. The summed E-state index contributed by atoms with van der Waals surface area (Å²) < 4.78 is 63.6. The van der Waals surface area contributed by atoms with Crippen molar-refractivity contribution in [3.63, 3.8) is 0 Å². The van der Waals surface area contributed by atoms with Gasteiger partial charge in [-0.1, -0.05) is 13.0 Å². The molecule has 1 aromatic carbocycles. The van der Waals surface area contributed by atoms with Crippen LogP contribution in [0.25, 0.3) is 10.9 Å². The zero-order chi connectivity index (χ0) is 24.8. The standard InChI is InChI=1S/C24H23F4N3O3/c1-3-11-8-13(12-4-5-15(25)20(26)22(12)34-2)14(10-24(11,27)28)17-9-18(32)19-16(31-17)6-7-30-21(19)23(29)33/h4-7,9,11,13-14H,3,8,10H2,1-2H3,(H2,29,33)(H,31,32)/t11-,13+,14-/m0/s1. The Morgan fingerprint density at radius 1 is 1.26 bits per heavy atom. The second-order valence-corrected chi connectivity index (χ2v) is 8.54. The number of benzene rings is 1. The number of aromatic amines is 1. The Hall–Kier alpha value is -3.43. The van der Waals surface area contributed by atoms with E-state index in [1.165, 1.54) is 25.4 Å². The van der Waals surface area contributed by atoms with Crippen molar-refractivity contribution in [2.45, 2.75) is 43.9 Å². The van der Waals surface area contributed by atoms with E-state index in [0.29, 0.717) is 0 Å². The van der Waals surface area contributed by atoms with Crippen LogP contribution in [0, 0.1) is 17.6 Å². The zero-order valence-electron chi connectivity index (χ0n) is 18.5. The topological polar surface area (TPSA) is 98.1 Å². The van der Waals surface area contributed by atoms with Gasteiger partial charge in [-0.05, 0) is 30.9 Å². The van der Waals surface area contributed by atoms with Crippen LogP contribution in [0.2, 0.25) is 0 Å². The second-order valence-electron chi connectivity index (χ2n) is 8.54. The molecular formula is C24H23F4N3O3. The molecule has 0 aliphatic heterocycles. The molecule has 1 fully saturated rings. The molecule has 3 atom stereocenters. The summed E-state index contributed by atoms with van der Waals surface area (Å²) in [6, 6.07) is 4.85. The van der Waals surface area contributed by atoms with Gasteiger partial charge in [0.1, 0.15) is 5.69 Å². The first kappa shape index (κ1) is 23.7. The van der Waals surface area contributed by atoms with E-state index >= 15 is 8.78 Å². The molecule has 3 aromatic rings. The summed E-state index contributed by atoms with van der Waals surface area (Å²) in [5.74, 6) is -9.25. The van der Waals surface area contributed by atoms with Gasteiger partial charge in [0.05, 0.1) is 18.0 Å². The number of primary amides is 1. The van der Waals surface area contributed by atoms with Gasteiger partial charge in [-0.2, -0.15) is 4.39 Å². The summed E-state index contributed by atoms with van der Waals surface area (Å²) in [6.45, 7) is 1.65. The van der Waals surface area contributed by atoms with E-state index in [4.69, 9.17) is 10.5 Å². The smallest absolute Gasteiger partial charge is 0.268 e. The molecule has 2 aromatic heterocycles. The van der Waals surface area contributed by atoms with Crippen LogP contribution in [0.15, 0.2) is 35.3 Å². The van der Waals surface area contributed by atoms with E-state index in [-0.39, 0.29) is 46.4 Å². The lowest BCUT2D eigenvalue weighted by atomic mass is 9.67. The number of pyridine rings is 2. The maximum absolute atomic E-state index is 15.1. The molecule has 1 amide bonds. The average Bonchev–Trinajstić information content (AvgIpc) is 2.79.